The number of carbonyl (C=O) groups excluding carboxylic acids is 1. The highest BCUT2D eigenvalue weighted by atomic mass is 32.1. The molecule has 0 unspecified atom stereocenters. The molecule has 0 radical (unpaired) electrons. The number of ether oxygens (including phenoxy) is 1. The third-order valence-electron chi connectivity index (χ3n) is 3.99. The Morgan fingerprint density at radius 2 is 1.72 bits per heavy atom. The minimum atomic E-state index is -0.123. The summed E-state index contributed by atoms with van der Waals surface area (Å²) in [5, 5.41) is 4.96. The summed E-state index contributed by atoms with van der Waals surface area (Å²) in [5.41, 5.74) is 2.45. The number of aryl methyl sites for hydroxylation is 1. The molecule has 4 nitrogen and oxygen atoms in total. The molecule has 2 aromatic carbocycles. The fourth-order valence-corrected chi connectivity index (χ4v) is 3.54. The van der Waals surface area contributed by atoms with Crippen molar-refractivity contribution in [1.29, 1.82) is 0 Å². The number of aromatic nitrogens is 1. The fourth-order valence-electron chi connectivity index (χ4n) is 2.69. The Morgan fingerprint density at radius 3 is 2.44 bits per heavy atom. The molecule has 0 saturated carbocycles. The van der Waals surface area contributed by atoms with Crippen molar-refractivity contribution in [3.63, 3.8) is 0 Å². The Hall–Kier alpha value is -3.05. The molecule has 5 heteroatoms. The van der Waals surface area contributed by atoms with Crippen LogP contribution >= 0.6 is 11.3 Å². The van der Waals surface area contributed by atoms with Crippen molar-refractivity contribution < 1.29 is 9.53 Å². The van der Waals surface area contributed by atoms with Gasteiger partial charge in [0.2, 0.25) is 0 Å². The van der Waals surface area contributed by atoms with Crippen LogP contribution < -0.4 is 10.1 Å². The van der Waals surface area contributed by atoms with Crippen LogP contribution in [0.3, 0.4) is 0 Å². The maximum absolute atomic E-state index is 12.5. The second-order valence-corrected chi connectivity index (χ2v) is 6.60. The third-order valence-corrected chi connectivity index (χ3v) is 4.84. The van der Waals surface area contributed by atoms with Crippen molar-refractivity contribution in [2.24, 2.45) is 7.05 Å². The largest absolute Gasteiger partial charge is 0.457 e. The SMILES string of the molecule is Cn1c(C(=O)Nc2ccc(Oc3ccccc3)cc2)cc2sccc21. The molecular weight excluding hydrogens is 332 g/mol. The zero-order valence-electron chi connectivity index (χ0n) is 13.6. The van der Waals surface area contributed by atoms with E-state index in [-0.39, 0.29) is 5.91 Å². The van der Waals surface area contributed by atoms with Crippen LogP contribution in [-0.2, 0) is 7.05 Å². The van der Waals surface area contributed by atoms with Gasteiger partial charge in [0.1, 0.15) is 17.2 Å². The summed E-state index contributed by atoms with van der Waals surface area (Å²) in [6.45, 7) is 0. The Bertz CT molecular complexity index is 1020. The van der Waals surface area contributed by atoms with Crippen LogP contribution in [0.4, 0.5) is 5.69 Å². The highest BCUT2D eigenvalue weighted by Crippen LogP contribution is 2.26. The lowest BCUT2D eigenvalue weighted by molar-refractivity contribution is 0.101. The maximum atomic E-state index is 12.5. The van der Waals surface area contributed by atoms with Crippen molar-refractivity contribution in [2.45, 2.75) is 0 Å². The minimum absolute atomic E-state index is 0.123. The Kier molecular flexibility index (Phi) is 3.99. The van der Waals surface area contributed by atoms with Crippen molar-refractivity contribution >= 4 is 33.1 Å². The number of benzene rings is 2. The summed E-state index contributed by atoms with van der Waals surface area (Å²) in [5.74, 6) is 1.38. The number of amides is 1. The van der Waals surface area contributed by atoms with E-state index in [9.17, 15) is 4.79 Å². The number of para-hydroxylation sites is 1. The van der Waals surface area contributed by atoms with Crippen molar-refractivity contribution in [3.05, 3.63) is 77.8 Å². The number of nitrogens with one attached hydrogen (secondary N) is 1. The standard InChI is InChI=1S/C20H16N2O2S/c1-22-17-11-12-25-19(17)13-18(22)20(23)21-14-7-9-16(10-8-14)24-15-5-3-2-4-6-15/h2-13H,1H3,(H,21,23). The lowest BCUT2D eigenvalue weighted by Crippen LogP contribution is -2.15. The van der Waals surface area contributed by atoms with E-state index in [1.54, 1.807) is 11.3 Å². The molecule has 0 spiro atoms. The van der Waals surface area contributed by atoms with Crippen LogP contribution in [0, 0.1) is 0 Å². The molecule has 0 atom stereocenters. The summed E-state index contributed by atoms with van der Waals surface area (Å²) in [7, 11) is 1.90. The van der Waals surface area contributed by atoms with Crippen LogP contribution in [0.5, 0.6) is 11.5 Å². The number of fused-ring (bicyclic) bond motifs is 1. The molecule has 0 fully saturated rings. The fraction of sp³-hybridized carbons (Fsp3) is 0.0500. The first-order valence-electron chi connectivity index (χ1n) is 7.88. The minimum Gasteiger partial charge on any atom is -0.457 e. The van der Waals surface area contributed by atoms with Gasteiger partial charge in [-0.15, -0.1) is 11.3 Å². The third kappa shape index (κ3) is 3.14. The van der Waals surface area contributed by atoms with E-state index in [0.717, 1.165) is 27.4 Å². The van der Waals surface area contributed by atoms with E-state index in [4.69, 9.17) is 4.74 Å². The first-order chi connectivity index (χ1) is 12.2. The zero-order chi connectivity index (χ0) is 17.2. The van der Waals surface area contributed by atoms with Gasteiger partial charge in [-0.25, -0.2) is 0 Å². The second kappa shape index (κ2) is 6.45. The van der Waals surface area contributed by atoms with Crippen molar-refractivity contribution in [1.82, 2.24) is 4.57 Å². The van der Waals surface area contributed by atoms with E-state index in [2.05, 4.69) is 5.32 Å². The molecule has 0 aliphatic rings. The first kappa shape index (κ1) is 15.5. The topological polar surface area (TPSA) is 43.3 Å². The average Bonchev–Trinajstić information content (AvgIpc) is 3.21. The molecular formula is C20H16N2O2S. The monoisotopic (exact) mass is 348 g/mol. The molecule has 2 aromatic heterocycles. The molecule has 1 N–H and O–H groups in total. The van der Waals surface area contributed by atoms with Crippen LogP contribution in [0.2, 0.25) is 0 Å². The molecule has 2 heterocycles. The Balaban J connectivity index is 1.48. The Morgan fingerprint density at radius 1 is 1.00 bits per heavy atom. The second-order valence-electron chi connectivity index (χ2n) is 5.65. The van der Waals surface area contributed by atoms with Gasteiger partial charge in [-0.05, 0) is 53.9 Å². The molecule has 0 aliphatic heterocycles. The van der Waals surface area contributed by atoms with Gasteiger partial charge in [-0.2, -0.15) is 0 Å². The van der Waals surface area contributed by atoms with Gasteiger partial charge in [-0.1, -0.05) is 18.2 Å². The maximum Gasteiger partial charge on any atom is 0.272 e. The number of nitrogens with zero attached hydrogens (tertiary/aromatic N) is 1. The normalized spacial score (nSPS) is 10.8. The van der Waals surface area contributed by atoms with Gasteiger partial charge in [0.25, 0.3) is 5.91 Å². The molecule has 25 heavy (non-hydrogen) atoms. The van der Waals surface area contributed by atoms with Gasteiger partial charge >= 0.3 is 0 Å². The van der Waals surface area contributed by atoms with Gasteiger partial charge < -0.3 is 14.6 Å². The highest BCUT2D eigenvalue weighted by Gasteiger charge is 2.14. The summed E-state index contributed by atoms with van der Waals surface area (Å²) >= 11 is 1.63. The zero-order valence-corrected chi connectivity index (χ0v) is 14.4. The number of carbonyl (C=O) groups is 1. The predicted molar refractivity (Wildman–Crippen MR) is 102 cm³/mol. The van der Waals surface area contributed by atoms with E-state index in [1.807, 2.05) is 83.7 Å². The smallest absolute Gasteiger partial charge is 0.272 e. The summed E-state index contributed by atoms with van der Waals surface area (Å²) < 4.78 is 8.78. The summed E-state index contributed by atoms with van der Waals surface area (Å²) in [6.07, 6.45) is 0. The number of anilines is 1. The van der Waals surface area contributed by atoms with E-state index >= 15 is 0 Å². The molecule has 1 amide bonds. The van der Waals surface area contributed by atoms with Gasteiger partial charge in [0.05, 0.1) is 10.2 Å². The summed E-state index contributed by atoms with van der Waals surface area (Å²) in [6, 6.07) is 20.9. The van der Waals surface area contributed by atoms with Gasteiger partial charge in [-0.3, -0.25) is 4.79 Å². The molecule has 0 saturated heterocycles. The lowest BCUT2D eigenvalue weighted by Gasteiger charge is -2.08. The first-order valence-corrected chi connectivity index (χ1v) is 8.76. The number of thiophene rings is 1. The molecule has 4 aromatic rings. The average molecular weight is 348 g/mol. The highest BCUT2D eigenvalue weighted by molar-refractivity contribution is 7.17. The number of hydrogen-bond donors (Lipinski definition) is 1. The van der Waals surface area contributed by atoms with Gasteiger partial charge in [0.15, 0.2) is 0 Å². The quantitative estimate of drug-likeness (QED) is 0.545. The van der Waals surface area contributed by atoms with E-state index < -0.39 is 0 Å². The lowest BCUT2D eigenvalue weighted by atomic mass is 10.3. The Labute approximate surface area is 149 Å². The summed E-state index contributed by atoms with van der Waals surface area (Å²) in [4.78, 5) is 12.5. The number of hydrogen-bond acceptors (Lipinski definition) is 3. The van der Waals surface area contributed by atoms with Crippen molar-refractivity contribution in [3.8, 4) is 11.5 Å². The van der Waals surface area contributed by atoms with Crippen LogP contribution in [-0.4, -0.2) is 10.5 Å². The van der Waals surface area contributed by atoms with E-state index in [1.165, 1.54) is 0 Å². The molecule has 0 aliphatic carbocycles. The van der Waals surface area contributed by atoms with Crippen LogP contribution in [0.15, 0.2) is 72.1 Å². The van der Waals surface area contributed by atoms with Gasteiger partial charge in [0, 0.05) is 12.7 Å². The molecule has 0 bridgehead atoms. The van der Waals surface area contributed by atoms with Crippen molar-refractivity contribution in [2.75, 3.05) is 5.32 Å². The van der Waals surface area contributed by atoms with Crippen LogP contribution in [0.1, 0.15) is 10.5 Å². The van der Waals surface area contributed by atoms with E-state index in [0.29, 0.717) is 5.69 Å². The molecule has 124 valence electrons. The predicted octanol–water partition coefficient (Wildman–Crippen LogP) is 5.28. The molecule has 4 rings (SSSR count). The number of rotatable bonds is 4. The van der Waals surface area contributed by atoms with Crippen LogP contribution in [0.25, 0.3) is 10.2 Å².